The van der Waals surface area contributed by atoms with Crippen LogP contribution in [0.1, 0.15) is 6.42 Å². The van der Waals surface area contributed by atoms with Gasteiger partial charge in [0, 0.05) is 21.5 Å². The van der Waals surface area contributed by atoms with Gasteiger partial charge in [-0.25, -0.2) is 13.1 Å². The van der Waals surface area contributed by atoms with Gasteiger partial charge in [-0.15, -0.1) is 0 Å². The number of rotatable bonds is 3. The number of hydrogen-bond donors (Lipinski definition) is 1. The van der Waals surface area contributed by atoms with Gasteiger partial charge >= 0.3 is 0 Å². The molecule has 100 valence electrons. The Kier molecular flexibility index (Phi) is 4.48. The summed E-state index contributed by atoms with van der Waals surface area (Å²) in [5.74, 6) is 0. The first-order valence-electron chi connectivity index (χ1n) is 5.54. The molecular weight excluding hydrogens is 384 g/mol. The number of sulfonamides is 1. The van der Waals surface area contributed by atoms with Crippen molar-refractivity contribution in [2.24, 2.45) is 0 Å². The van der Waals surface area contributed by atoms with Crippen molar-refractivity contribution in [2.45, 2.75) is 17.4 Å². The second-order valence-corrected chi connectivity index (χ2v) is 7.90. The van der Waals surface area contributed by atoms with Crippen LogP contribution < -0.4 is 4.72 Å². The van der Waals surface area contributed by atoms with Crippen LogP contribution in [0.5, 0.6) is 0 Å². The molecule has 0 amide bonds. The third-order valence-electron chi connectivity index (χ3n) is 2.90. The van der Waals surface area contributed by atoms with Crippen molar-refractivity contribution in [2.75, 3.05) is 20.1 Å². The van der Waals surface area contributed by atoms with E-state index < -0.39 is 10.0 Å². The summed E-state index contributed by atoms with van der Waals surface area (Å²) in [6.07, 6.45) is 0.851. The van der Waals surface area contributed by atoms with Crippen LogP contribution in [0.4, 0.5) is 0 Å². The zero-order valence-corrected chi connectivity index (χ0v) is 13.8. The molecule has 0 radical (unpaired) electrons. The van der Waals surface area contributed by atoms with Gasteiger partial charge in [-0.2, -0.15) is 0 Å². The molecule has 1 N–H and O–H groups in total. The van der Waals surface area contributed by atoms with E-state index in [0.717, 1.165) is 24.0 Å². The zero-order chi connectivity index (χ0) is 13.3. The lowest BCUT2D eigenvalue weighted by Gasteiger charge is -2.14. The molecule has 0 bridgehead atoms. The predicted octanol–water partition coefficient (Wildman–Crippen LogP) is 2.19. The van der Waals surface area contributed by atoms with Gasteiger partial charge in [-0.05, 0) is 54.1 Å². The van der Waals surface area contributed by atoms with E-state index in [1.165, 1.54) is 0 Å². The summed E-state index contributed by atoms with van der Waals surface area (Å²) in [5.41, 5.74) is 0. The largest absolute Gasteiger partial charge is 0.305 e. The summed E-state index contributed by atoms with van der Waals surface area (Å²) >= 11 is 6.59. The van der Waals surface area contributed by atoms with Gasteiger partial charge in [-0.1, -0.05) is 15.9 Å². The molecule has 18 heavy (non-hydrogen) atoms. The molecule has 1 aromatic rings. The molecule has 1 aromatic carbocycles. The van der Waals surface area contributed by atoms with E-state index in [-0.39, 0.29) is 10.9 Å². The molecule has 0 aromatic heterocycles. The quantitative estimate of drug-likeness (QED) is 0.850. The van der Waals surface area contributed by atoms with Gasteiger partial charge in [0.15, 0.2) is 0 Å². The summed E-state index contributed by atoms with van der Waals surface area (Å²) in [6.45, 7) is 1.68. The third kappa shape index (κ3) is 3.33. The number of halogens is 2. The SMILES string of the molecule is CN1CCC(NS(=O)(=O)c2ccc(Br)cc2Br)C1. The summed E-state index contributed by atoms with van der Waals surface area (Å²) in [5, 5.41) is 0. The molecule has 1 saturated heterocycles. The monoisotopic (exact) mass is 396 g/mol. The van der Waals surface area contributed by atoms with E-state index in [1.54, 1.807) is 18.2 Å². The predicted molar refractivity (Wildman–Crippen MR) is 78.1 cm³/mol. The van der Waals surface area contributed by atoms with Crippen molar-refractivity contribution in [1.29, 1.82) is 0 Å². The Morgan fingerprint density at radius 1 is 1.39 bits per heavy atom. The van der Waals surface area contributed by atoms with E-state index >= 15 is 0 Å². The molecule has 2 rings (SSSR count). The molecule has 1 heterocycles. The minimum Gasteiger partial charge on any atom is -0.305 e. The maximum Gasteiger partial charge on any atom is 0.241 e. The fourth-order valence-electron chi connectivity index (χ4n) is 2.01. The number of benzene rings is 1. The Labute approximate surface area is 124 Å². The fraction of sp³-hybridized carbons (Fsp3) is 0.455. The highest BCUT2D eigenvalue weighted by atomic mass is 79.9. The Morgan fingerprint density at radius 3 is 2.67 bits per heavy atom. The van der Waals surface area contributed by atoms with Crippen molar-refractivity contribution >= 4 is 41.9 Å². The van der Waals surface area contributed by atoms with Crippen molar-refractivity contribution in [3.05, 3.63) is 27.1 Å². The van der Waals surface area contributed by atoms with Gasteiger partial charge in [0.05, 0.1) is 4.90 Å². The lowest BCUT2D eigenvalue weighted by atomic mass is 10.3. The van der Waals surface area contributed by atoms with Gasteiger partial charge in [0.25, 0.3) is 0 Å². The highest BCUT2D eigenvalue weighted by molar-refractivity contribution is 9.11. The first kappa shape index (κ1) is 14.5. The molecule has 1 aliphatic heterocycles. The van der Waals surface area contributed by atoms with E-state index in [4.69, 9.17) is 0 Å². The van der Waals surface area contributed by atoms with Gasteiger partial charge < -0.3 is 4.90 Å². The molecule has 0 spiro atoms. The topological polar surface area (TPSA) is 49.4 Å². The lowest BCUT2D eigenvalue weighted by molar-refractivity contribution is 0.407. The number of hydrogen-bond acceptors (Lipinski definition) is 3. The second-order valence-electron chi connectivity index (χ2n) is 4.44. The average molecular weight is 398 g/mol. The highest BCUT2D eigenvalue weighted by Crippen LogP contribution is 2.26. The first-order valence-corrected chi connectivity index (χ1v) is 8.61. The number of likely N-dealkylation sites (tertiary alicyclic amines) is 1. The number of likely N-dealkylation sites (N-methyl/N-ethyl adjacent to an activating group) is 1. The standard InChI is InChI=1S/C11H14Br2N2O2S/c1-15-5-4-9(7-15)14-18(16,17)11-3-2-8(12)6-10(11)13/h2-3,6,9,14H,4-5,7H2,1H3. The van der Waals surface area contributed by atoms with Crippen molar-refractivity contribution in [1.82, 2.24) is 9.62 Å². The van der Waals surface area contributed by atoms with Crippen LogP contribution in [0.25, 0.3) is 0 Å². The van der Waals surface area contributed by atoms with Crippen LogP contribution in [0, 0.1) is 0 Å². The molecule has 1 atom stereocenters. The van der Waals surface area contributed by atoms with E-state index in [2.05, 4.69) is 41.5 Å². The second kappa shape index (κ2) is 5.58. The summed E-state index contributed by atoms with van der Waals surface area (Å²) in [4.78, 5) is 2.39. The molecule has 0 aliphatic carbocycles. The van der Waals surface area contributed by atoms with E-state index in [9.17, 15) is 8.42 Å². The highest BCUT2D eigenvalue weighted by Gasteiger charge is 2.26. The van der Waals surface area contributed by atoms with Crippen molar-refractivity contribution in [3.63, 3.8) is 0 Å². The minimum atomic E-state index is -3.46. The lowest BCUT2D eigenvalue weighted by Crippen LogP contribution is -2.36. The molecule has 1 fully saturated rings. The maximum absolute atomic E-state index is 12.3. The number of nitrogens with zero attached hydrogens (tertiary/aromatic N) is 1. The molecule has 4 nitrogen and oxygen atoms in total. The molecule has 1 aliphatic rings. The fourth-order valence-corrected chi connectivity index (χ4v) is 5.01. The molecule has 1 unspecified atom stereocenters. The minimum absolute atomic E-state index is 0.00412. The maximum atomic E-state index is 12.3. The normalized spacial score (nSPS) is 21.4. The van der Waals surface area contributed by atoms with Gasteiger partial charge in [-0.3, -0.25) is 0 Å². The number of nitrogens with one attached hydrogen (secondary N) is 1. The third-order valence-corrected chi connectivity index (χ3v) is 5.89. The van der Waals surface area contributed by atoms with E-state index in [1.807, 2.05) is 7.05 Å². The smallest absolute Gasteiger partial charge is 0.241 e. The molecule has 7 heteroatoms. The van der Waals surface area contributed by atoms with Gasteiger partial charge in [0.2, 0.25) is 10.0 Å². The van der Waals surface area contributed by atoms with Crippen LogP contribution in [-0.2, 0) is 10.0 Å². The van der Waals surface area contributed by atoms with Crippen molar-refractivity contribution in [3.8, 4) is 0 Å². The Balaban J connectivity index is 2.20. The average Bonchev–Trinajstić information content (AvgIpc) is 2.62. The van der Waals surface area contributed by atoms with Gasteiger partial charge in [0.1, 0.15) is 0 Å². The Morgan fingerprint density at radius 2 is 2.11 bits per heavy atom. The Bertz CT molecular complexity index is 548. The van der Waals surface area contributed by atoms with Crippen molar-refractivity contribution < 1.29 is 8.42 Å². The van der Waals surface area contributed by atoms with Crippen LogP contribution in [0.2, 0.25) is 0 Å². The zero-order valence-electron chi connectivity index (χ0n) is 9.86. The summed E-state index contributed by atoms with van der Waals surface area (Å²) in [7, 11) is -1.47. The summed E-state index contributed by atoms with van der Waals surface area (Å²) in [6, 6.07) is 5.04. The molecule has 0 saturated carbocycles. The summed E-state index contributed by atoms with van der Waals surface area (Å²) < 4.78 is 28.7. The van der Waals surface area contributed by atoms with Crippen LogP contribution in [0.3, 0.4) is 0 Å². The van der Waals surface area contributed by atoms with E-state index in [0.29, 0.717) is 4.47 Å². The van der Waals surface area contributed by atoms with Crippen LogP contribution in [0.15, 0.2) is 32.0 Å². The molecular formula is C11H14Br2N2O2S. The first-order chi connectivity index (χ1) is 8.38. The Hall–Kier alpha value is 0.0500. The van der Waals surface area contributed by atoms with Crippen LogP contribution >= 0.6 is 31.9 Å². The van der Waals surface area contributed by atoms with Crippen LogP contribution in [-0.4, -0.2) is 39.5 Å².